The summed E-state index contributed by atoms with van der Waals surface area (Å²) >= 11 is 0. The van der Waals surface area contributed by atoms with E-state index >= 15 is 0 Å². The van der Waals surface area contributed by atoms with Gasteiger partial charge < -0.3 is 15.5 Å². The normalized spacial score (nSPS) is 18.6. The van der Waals surface area contributed by atoms with Crippen LogP contribution >= 0.6 is 0 Å². The van der Waals surface area contributed by atoms with Crippen molar-refractivity contribution in [3.8, 4) is 0 Å². The highest BCUT2D eigenvalue weighted by molar-refractivity contribution is 5.77. The fraction of sp³-hybridized carbons (Fsp3) is 0.917. The number of hydrogen-bond acceptors (Lipinski definition) is 3. The Balaban J connectivity index is 2.03. The minimum Gasteiger partial charge on any atom is -0.355 e. The van der Waals surface area contributed by atoms with Crippen molar-refractivity contribution in [2.75, 3.05) is 33.2 Å². The van der Waals surface area contributed by atoms with E-state index in [2.05, 4.69) is 29.5 Å². The number of hydrogen-bond donors (Lipinski definition) is 2. The lowest BCUT2D eigenvalue weighted by Gasteiger charge is -2.29. The number of piperidine rings is 1. The maximum atomic E-state index is 11.4. The third-order valence-corrected chi connectivity index (χ3v) is 3.12. The molecular formula is C12H25N3O. The minimum atomic E-state index is 0.132. The number of carbonyl (C=O) groups excluding carboxylic acids is 1. The highest BCUT2D eigenvalue weighted by atomic mass is 16.1. The number of nitrogens with one attached hydrogen (secondary N) is 2. The van der Waals surface area contributed by atoms with E-state index in [1.54, 1.807) is 0 Å². The topological polar surface area (TPSA) is 44.4 Å². The summed E-state index contributed by atoms with van der Waals surface area (Å²) in [4.78, 5) is 13.8. The van der Waals surface area contributed by atoms with E-state index < -0.39 is 0 Å². The van der Waals surface area contributed by atoms with Gasteiger partial charge in [-0.25, -0.2) is 0 Å². The molecule has 1 rings (SSSR count). The number of nitrogens with zero attached hydrogens (tertiary/aromatic N) is 1. The third kappa shape index (κ3) is 5.47. The molecule has 1 aliphatic rings. The molecule has 0 radical (unpaired) electrons. The maximum Gasteiger partial charge on any atom is 0.233 e. The Morgan fingerprint density at radius 2 is 2.06 bits per heavy atom. The monoisotopic (exact) mass is 227 g/mol. The van der Waals surface area contributed by atoms with Gasteiger partial charge in [-0.15, -0.1) is 0 Å². The number of unbranched alkanes of at least 4 members (excludes halogenated alkanes) is 1. The molecule has 1 fully saturated rings. The molecule has 1 aliphatic heterocycles. The molecular weight excluding hydrogens is 202 g/mol. The Kier molecular flexibility index (Phi) is 6.42. The van der Waals surface area contributed by atoms with E-state index in [1.807, 2.05) is 0 Å². The Morgan fingerprint density at radius 1 is 1.38 bits per heavy atom. The van der Waals surface area contributed by atoms with Crippen LogP contribution in [0.5, 0.6) is 0 Å². The molecule has 0 atom stereocenters. The molecule has 0 aromatic heterocycles. The maximum absolute atomic E-state index is 11.4. The Bertz CT molecular complexity index is 200. The van der Waals surface area contributed by atoms with Crippen LogP contribution < -0.4 is 10.6 Å². The van der Waals surface area contributed by atoms with Gasteiger partial charge in [-0.3, -0.25) is 4.79 Å². The first kappa shape index (κ1) is 13.5. The number of amides is 1. The van der Waals surface area contributed by atoms with Crippen LogP contribution in [0.15, 0.2) is 0 Å². The molecule has 0 aromatic carbocycles. The van der Waals surface area contributed by atoms with Gasteiger partial charge in [-0.2, -0.15) is 0 Å². The molecule has 1 amide bonds. The van der Waals surface area contributed by atoms with E-state index in [9.17, 15) is 4.79 Å². The summed E-state index contributed by atoms with van der Waals surface area (Å²) in [5.41, 5.74) is 0. The highest BCUT2D eigenvalue weighted by Gasteiger charge is 2.16. The van der Waals surface area contributed by atoms with Gasteiger partial charge in [0.15, 0.2) is 0 Å². The molecule has 2 N–H and O–H groups in total. The van der Waals surface area contributed by atoms with Crippen LogP contribution in [0.3, 0.4) is 0 Å². The van der Waals surface area contributed by atoms with E-state index in [0.717, 1.165) is 45.3 Å². The lowest BCUT2D eigenvalue weighted by Crippen LogP contribution is -2.44. The molecule has 0 spiro atoms. The van der Waals surface area contributed by atoms with Crippen LogP contribution in [0.25, 0.3) is 0 Å². The van der Waals surface area contributed by atoms with Crippen molar-refractivity contribution in [1.29, 1.82) is 0 Å². The predicted octanol–water partition coefficient (Wildman–Crippen LogP) is 0.587. The van der Waals surface area contributed by atoms with E-state index in [0.29, 0.717) is 12.6 Å². The molecule has 4 nitrogen and oxygen atoms in total. The molecule has 0 bridgehead atoms. The summed E-state index contributed by atoms with van der Waals surface area (Å²) in [5, 5.41) is 6.25. The Hall–Kier alpha value is -0.610. The SMILES string of the molecule is CCCCNC(=O)CNC1CCN(C)CC1. The Morgan fingerprint density at radius 3 is 2.69 bits per heavy atom. The second kappa shape index (κ2) is 7.63. The molecule has 0 aromatic rings. The van der Waals surface area contributed by atoms with Crippen molar-refractivity contribution >= 4 is 5.91 Å². The zero-order valence-corrected chi connectivity index (χ0v) is 10.6. The third-order valence-electron chi connectivity index (χ3n) is 3.12. The van der Waals surface area contributed by atoms with Crippen LogP contribution in [-0.2, 0) is 4.79 Å². The molecule has 0 saturated carbocycles. The summed E-state index contributed by atoms with van der Waals surface area (Å²) in [5.74, 6) is 0.132. The minimum absolute atomic E-state index is 0.132. The summed E-state index contributed by atoms with van der Waals surface area (Å²) < 4.78 is 0. The summed E-state index contributed by atoms with van der Waals surface area (Å²) in [6, 6.07) is 0.521. The zero-order chi connectivity index (χ0) is 11.8. The van der Waals surface area contributed by atoms with Gasteiger partial charge in [0.1, 0.15) is 0 Å². The lowest BCUT2D eigenvalue weighted by atomic mass is 10.1. The van der Waals surface area contributed by atoms with Gasteiger partial charge in [0.2, 0.25) is 5.91 Å². The van der Waals surface area contributed by atoms with Crippen LogP contribution in [0.4, 0.5) is 0 Å². The van der Waals surface area contributed by atoms with Gasteiger partial charge in [-0.1, -0.05) is 13.3 Å². The second-order valence-corrected chi connectivity index (χ2v) is 4.66. The van der Waals surface area contributed by atoms with Crippen molar-refractivity contribution in [3.05, 3.63) is 0 Å². The smallest absolute Gasteiger partial charge is 0.233 e. The fourth-order valence-electron chi connectivity index (χ4n) is 1.92. The largest absolute Gasteiger partial charge is 0.355 e. The zero-order valence-electron chi connectivity index (χ0n) is 10.6. The van der Waals surface area contributed by atoms with Crippen LogP contribution in [0.1, 0.15) is 32.6 Å². The summed E-state index contributed by atoms with van der Waals surface area (Å²) in [6.45, 7) is 5.68. The summed E-state index contributed by atoms with van der Waals surface area (Å²) in [7, 11) is 2.15. The average Bonchev–Trinajstić information content (AvgIpc) is 2.29. The molecule has 1 saturated heterocycles. The van der Waals surface area contributed by atoms with Crippen molar-refractivity contribution < 1.29 is 4.79 Å². The molecule has 0 aliphatic carbocycles. The van der Waals surface area contributed by atoms with Crippen LogP contribution in [0.2, 0.25) is 0 Å². The molecule has 4 heteroatoms. The van der Waals surface area contributed by atoms with E-state index in [4.69, 9.17) is 0 Å². The molecule has 94 valence electrons. The molecule has 1 heterocycles. The Labute approximate surface area is 98.8 Å². The van der Waals surface area contributed by atoms with E-state index in [1.165, 1.54) is 0 Å². The first-order chi connectivity index (χ1) is 7.72. The van der Waals surface area contributed by atoms with Crippen molar-refractivity contribution in [2.24, 2.45) is 0 Å². The van der Waals surface area contributed by atoms with Crippen molar-refractivity contribution in [2.45, 2.75) is 38.6 Å². The second-order valence-electron chi connectivity index (χ2n) is 4.66. The molecule has 16 heavy (non-hydrogen) atoms. The molecule has 0 unspecified atom stereocenters. The van der Waals surface area contributed by atoms with Crippen LogP contribution in [-0.4, -0.2) is 50.1 Å². The number of rotatable bonds is 6. The average molecular weight is 227 g/mol. The van der Waals surface area contributed by atoms with Gasteiger partial charge in [0.05, 0.1) is 6.54 Å². The predicted molar refractivity (Wildman–Crippen MR) is 66.4 cm³/mol. The van der Waals surface area contributed by atoms with Crippen LogP contribution in [0, 0.1) is 0 Å². The van der Waals surface area contributed by atoms with Gasteiger partial charge in [0.25, 0.3) is 0 Å². The lowest BCUT2D eigenvalue weighted by molar-refractivity contribution is -0.120. The number of likely N-dealkylation sites (tertiary alicyclic amines) is 1. The summed E-state index contributed by atoms with van der Waals surface area (Å²) in [6.07, 6.45) is 4.50. The quantitative estimate of drug-likeness (QED) is 0.653. The standard InChI is InChI=1S/C12H25N3O/c1-3-4-7-13-12(16)10-14-11-5-8-15(2)9-6-11/h11,14H,3-10H2,1-2H3,(H,13,16). The first-order valence-electron chi connectivity index (χ1n) is 6.41. The van der Waals surface area contributed by atoms with Gasteiger partial charge >= 0.3 is 0 Å². The first-order valence-corrected chi connectivity index (χ1v) is 6.41. The highest BCUT2D eigenvalue weighted by Crippen LogP contribution is 2.07. The van der Waals surface area contributed by atoms with Gasteiger partial charge in [-0.05, 0) is 39.4 Å². The number of carbonyl (C=O) groups is 1. The van der Waals surface area contributed by atoms with E-state index in [-0.39, 0.29) is 5.91 Å². The fourth-order valence-corrected chi connectivity index (χ4v) is 1.92. The van der Waals surface area contributed by atoms with Crippen molar-refractivity contribution in [3.63, 3.8) is 0 Å². The van der Waals surface area contributed by atoms with Gasteiger partial charge in [0, 0.05) is 12.6 Å². The van der Waals surface area contributed by atoms with Crippen molar-refractivity contribution in [1.82, 2.24) is 15.5 Å².